The van der Waals surface area contributed by atoms with E-state index < -0.39 is 11.9 Å². The predicted molar refractivity (Wildman–Crippen MR) is 60.9 cm³/mol. The molecule has 0 bridgehead atoms. The lowest BCUT2D eigenvalue weighted by molar-refractivity contribution is -0.147. The number of hydrogen-bond acceptors (Lipinski definition) is 2. The molecule has 0 aromatic heterocycles. The lowest BCUT2D eigenvalue weighted by Crippen LogP contribution is -2.48. The molecule has 0 spiro atoms. The summed E-state index contributed by atoms with van der Waals surface area (Å²) < 4.78 is 0. The van der Waals surface area contributed by atoms with Crippen LogP contribution in [0.1, 0.15) is 34.1 Å². The lowest BCUT2D eigenvalue weighted by Gasteiger charge is -2.41. The van der Waals surface area contributed by atoms with Gasteiger partial charge >= 0.3 is 5.97 Å². The molecule has 4 nitrogen and oxygen atoms in total. The molecule has 1 amide bonds. The van der Waals surface area contributed by atoms with Crippen LogP contribution >= 0.6 is 0 Å². The molecule has 4 heteroatoms. The van der Waals surface area contributed by atoms with Gasteiger partial charge < -0.3 is 10.0 Å². The van der Waals surface area contributed by atoms with Gasteiger partial charge in [-0.05, 0) is 17.8 Å². The van der Waals surface area contributed by atoms with Crippen molar-refractivity contribution in [1.82, 2.24) is 4.90 Å². The number of rotatable bonds is 1. The van der Waals surface area contributed by atoms with Crippen molar-refractivity contribution in [2.45, 2.75) is 34.1 Å². The maximum absolute atomic E-state index is 11.4. The van der Waals surface area contributed by atoms with Crippen LogP contribution in [0.3, 0.4) is 0 Å². The summed E-state index contributed by atoms with van der Waals surface area (Å²) in [5.41, 5.74) is 0.0435. The number of aliphatic carboxylic acids is 1. The Labute approximate surface area is 96.6 Å². The molecule has 0 unspecified atom stereocenters. The molecule has 1 aliphatic rings. The average Bonchev–Trinajstić information content (AvgIpc) is 2.15. The van der Waals surface area contributed by atoms with E-state index in [-0.39, 0.29) is 17.2 Å². The Balaban J connectivity index is 2.82. The van der Waals surface area contributed by atoms with Crippen LogP contribution in [0.5, 0.6) is 0 Å². The van der Waals surface area contributed by atoms with Crippen molar-refractivity contribution in [1.29, 1.82) is 0 Å². The molecular formula is C12H21NO3. The van der Waals surface area contributed by atoms with Crippen molar-refractivity contribution in [2.75, 3.05) is 13.1 Å². The maximum Gasteiger partial charge on any atom is 0.308 e. The van der Waals surface area contributed by atoms with Gasteiger partial charge in [0.2, 0.25) is 5.91 Å². The van der Waals surface area contributed by atoms with Crippen molar-refractivity contribution in [2.24, 2.45) is 17.3 Å². The van der Waals surface area contributed by atoms with Crippen LogP contribution in [0.4, 0.5) is 0 Å². The Bertz CT molecular complexity index is 271. The summed E-state index contributed by atoms with van der Waals surface area (Å²) >= 11 is 0. The summed E-state index contributed by atoms with van der Waals surface area (Å²) in [6.45, 7) is 8.84. The number of piperidine rings is 1. The van der Waals surface area contributed by atoms with E-state index in [4.69, 9.17) is 5.11 Å². The topological polar surface area (TPSA) is 57.6 Å². The smallest absolute Gasteiger partial charge is 0.308 e. The minimum Gasteiger partial charge on any atom is -0.481 e. The second-order valence-corrected chi connectivity index (χ2v) is 5.76. The number of carbonyl (C=O) groups excluding carboxylic acids is 1. The van der Waals surface area contributed by atoms with E-state index in [1.54, 1.807) is 4.90 Å². The molecule has 2 atom stereocenters. The first-order chi connectivity index (χ1) is 7.21. The number of carboxylic acids is 1. The fraction of sp³-hybridized carbons (Fsp3) is 0.833. The molecule has 1 N–H and O–H groups in total. The highest BCUT2D eigenvalue weighted by Crippen LogP contribution is 2.35. The standard InChI is InChI=1S/C12H21NO3/c1-8(14)13-6-9(11(15)16)5-10(7-13)12(2,3)4/h9-10H,5-7H2,1-4H3,(H,15,16)/t9-,10+/m1/s1. The molecule has 1 aliphatic heterocycles. The van der Waals surface area contributed by atoms with Gasteiger partial charge in [0.25, 0.3) is 0 Å². The summed E-state index contributed by atoms with van der Waals surface area (Å²) in [7, 11) is 0. The number of carbonyl (C=O) groups is 2. The van der Waals surface area contributed by atoms with E-state index in [0.717, 1.165) is 0 Å². The molecule has 1 rings (SSSR count). The third-order valence-corrected chi connectivity index (χ3v) is 3.47. The van der Waals surface area contributed by atoms with E-state index in [1.165, 1.54) is 6.92 Å². The van der Waals surface area contributed by atoms with Gasteiger partial charge in [-0.1, -0.05) is 20.8 Å². The van der Waals surface area contributed by atoms with Crippen molar-refractivity contribution < 1.29 is 14.7 Å². The van der Waals surface area contributed by atoms with E-state index >= 15 is 0 Å². The number of amides is 1. The number of hydrogen-bond donors (Lipinski definition) is 1. The van der Waals surface area contributed by atoms with Crippen molar-refractivity contribution in [3.63, 3.8) is 0 Å². The Morgan fingerprint density at radius 1 is 1.25 bits per heavy atom. The SMILES string of the molecule is CC(=O)N1C[C@H](C(=O)O)C[C@H](C(C)(C)C)C1. The molecule has 0 saturated carbocycles. The van der Waals surface area contributed by atoms with E-state index in [9.17, 15) is 9.59 Å². The van der Waals surface area contributed by atoms with Gasteiger partial charge in [-0.15, -0.1) is 0 Å². The van der Waals surface area contributed by atoms with Crippen LogP contribution in [0, 0.1) is 17.3 Å². The summed E-state index contributed by atoms with van der Waals surface area (Å²) in [5, 5.41) is 9.08. The first-order valence-electron chi connectivity index (χ1n) is 5.70. The highest BCUT2D eigenvalue weighted by atomic mass is 16.4. The summed E-state index contributed by atoms with van der Waals surface area (Å²) in [6.07, 6.45) is 0.669. The molecule has 0 aliphatic carbocycles. The molecule has 0 aromatic carbocycles. The highest BCUT2D eigenvalue weighted by molar-refractivity contribution is 5.76. The molecule has 1 saturated heterocycles. The summed E-state index contributed by atoms with van der Waals surface area (Å²) in [6, 6.07) is 0. The zero-order chi connectivity index (χ0) is 12.5. The fourth-order valence-electron chi connectivity index (χ4n) is 2.16. The number of carboxylic acid groups (broad SMARTS) is 1. The first kappa shape index (κ1) is 13.0. The Kier molecular flexibility index (Phi) is 3.61. The Hall–Kier alpha value is -1.06. The summed E-state index contributed by atoms with van der Waals surface area (Å²) in [5.74, 6) is -0.978. The molecule has 1 fully saturated rings. The van der Waals surface area contributed by atoms with Crippen LogP contribution in [0.25, 0.3) is 0 Å². The van der Waals surface area contributed by atoms with Crippen LogP contribution in [0.2, 0.25) is 0 Å². The van der Waals surface area contributed by atoms with Gasteiger partial charge in [-0.2, -0.15) is 0 Å². The van der Waals surface area contributed by atoms with Crippen molar-refractivity contribution >= 4 is 11.9 Å². The fourth-order valence-corrected chi connectivity index (χ4v) is 2.16. The van der Waals surface area contributed by atoms with E-state index in [1.807, 2.05) is 0 Å². The minimum absolute atomic E-state index is 0.0276. The van der Waals surface area contributed by atoms with Crippen LogP contribution in [-0.4, -0.2) is 35.0 Å². The van der Waals surface area contributed by atoms with Gasteiger partial charge in [0.05, 0.1) is 5.92 Å². The van der Waals surface area contributed by atoms with Gasteiger partial charge in [-0.25, -0.2) is 0 Å². The second kappa shape index (κ2) is 4.44. The van der Waals surface area contributed by atoms with Gasteiger partial charge in [-0.3, -0.25) is 9.59 Å². The van der Waals surface area contributed by atoms with Gasteiger partial charge in [0.15, 0.2) is 0 Å². The van der Waals surface area contributed by atoms with E-state index in [0.29, 0.717) is 19.5 Å². The number of nitrogens with zero attached hydrogens (tertiary/aromatic N) is 1. The van der Waals surface area contributed by atoms with Gasteiger partial charge in [0.1, 0.15) is 0 Å². The highest BCUT2D eigenvalue weighted by Gasteiger charge is 2.37. The third kappa shape index (κ3) is 2.97. The third-order valence-electron chi connectivity index (χ3n) is 3.47. The normalized spacial score (nSPS) is 26.6. The molecule has 0 radical (unpaired) electrons. The van der Waals surface area contributed by atoms with Crippen LogP contribution in [-0.2, 0) is 9.59 Å². The second-order valence-electron chi connectivity index (χ2n) is 5.76. The molecule has 1 heterocycles. The lowest BCUT2D eigenvalue weighted by atomic mass is 9.73. The average molecular weight is 227 g/mol. The maximum atomic E-state index is 11.4. The monoisotopic (exact) mass is 227 g/mol. The van der Waals surface area contributed by atoms with Crippen LogP contribution < -0.4 is 0 Å². The van der Waals surface area contributed by atoms with Crippen LogP contribution in [0.15, 0.2) is 0 Å². The molecule has 0 aromatic rings. The number of likely N-dealkylation sites (tertiary alicyclic amines) is 1. The van der Waals surface area contributed by atoms with E-state index in [2.05, 4.69) is 20.8 Å². The van der Waals surface area contributed by atoms with Crippen molar-refractivity contribution in [3.05, 3.63) is 0 Å². The first-order valence-corrected chi connectivity index (χ1v) is 5.70. The molecule has 16 heavy (non-hydrogen) atoms. The Morgan fingerprint density at radius 2 is 1.81 bits per heavy atom. The zero-order valence-corrected chi connectivity index (χ0v) is 10.5. The quantitative estimate of drug-likeness (QED) is 0.740. The minimum atomic E-state index is -0.791. The molecule has 92 valence electrons. The molecular weight excluding hydrogens is 206 g/mol. The largest absolute Gasteiger partial charge is 0.481 e. The van der Waals surface area contributed by atoms with Gasteiger partial charge in [0, 0.05) is 20.0 Å². The predicted octanol–water partition coefficient (Wildman–Crippen LogP) is 1.60. The zero-order valence-electron chi connectivity index (χ0n) is 10.5. The summed E-state index contributed by atoms with van der Waals surface area (Å²) in [4.78, 5) is 24.1. The Morgan fingerprint density at radius 3 is 2.19 bits per heavy atom. The van der Waals surface area contributed by atoms with Crippen molar-refractivity contribution in [3.8, 4) is 0 Å².